The summed E-state index contributed by atoms with van der Waals surface area (Å²) in [5.41, 5.74) is 1.21. The van der Waals surface area contributed by atoms with Crippen molar-refractivity contribution in [3.8, 4) is 0 Å². The van der Waals surface area contributed by atoms with Crippen LogP contribution in [0.5, 0.6) is 0 Å². The molecule has 0 bridgehead atoms. The predicted molar refractivity (Wildman–Crippen MR) is 144 cm³/mol. The van der Waals surface area contributed by atoms with Crippen LogP contribution in [0.25, 0.3) is 0 Å². The smallest absolute Gasteiger partial charge is 0.338 e. The van der Waals surface area contributed by atoms with Crippen molar-refractivity contribution in [2.24, 2.45) is 0 Å². The van der Waals surface area contributed by atoms with E-state index in [2.05, 4.69) is 10.1 Å². The molecule has 1 fully saturated rings. The molecule has 1 amide bonds. The van der Waals surface area contributed by atoms with Crippen LogP contribution in [0.3, 0.4) is 0 Å². The lowest BCUT2D eigenvalue weighted by atomic mass is 9.96. The number of carbonyl (C=O) groups is 3. The van der Waals surface area contributed by atoms with Crippen molar-refractivity contribution in [2.45, 2.75) is 44.2 Å². The van der Waals surface area contributed by atoms with E-state index in [1.54, 1.807) is 30.3 Å². The molecule has 2 aromatic rings. The lowest BCUT2D eigenvalue weighted by molar-refractivity contribution is -0.280. The average molecular weight is 576 g/mol. The van der Waals surface area contributed by atoms with E-state index < -0.39 is 42.6 Å². The maximum atomic E-state index is 12.5. The molecular formula is C29H37NO11. The van der Waals surface area contributed by atoms with Gasteiger partial charge in [0.2, 0.25) is 5.91 Å². The van der Waals surface area contributed by atoms with Crippen molar-refractivity contribution in [3.05, 3.63) is 71.8 Å². The first-order valence-electron chi connectivity index (χ1n) is 13.2. The number of hydrogen-bond acceptors (Lipinski definition) is 11. The first-order chi connectivity index (χ1) is 19.9. The number of esters is 2. The van der Waals surface area contributed by atoms with E-state index in [4.69, 9.17) is 28.4 Å². The molecule has 2 aromatic carbocycles. The monoisotopic (exact) mass is 575 g/mol. The highest BCUT2D eigenvalue weighted by Crippen LogP contribution is 2.26. The van der Waals surface area contributed by atoms with Gasteiger partial charge in [-0.3, -0.25) is 4.79 Å². The summed E-state index contributed by atoms with van der Waals surface area (Å²) in [4.78, 5) is 35.7. The van der Waals surface area contributed by atoms with Crippen molar-refractivity contribution in [3.63, 3.8) is 0 Å². The molecule has 5 atom stereocenters. The SMILES string of the molecule is COC(=O)COCCOCCO[C@@H]1O[C@H](COC(=O)c2ccccc2)[C@@H](O)[C@H](OCc2ccccc2)[C@H]1NC(C)=O. The van der Waals surface area contributed by atoms with E-state index in [9.17, 15) is 19.5 Å². The minimum Gasteiger partial charge on any atom is -0.467 e. The van der Waals surface area contributed by atoms with Crippen LogP contribution < -0.4 is 5.32 Å². The summed E-state index contributed by atoms with van der Waals surface area (Å²) in [5, 5.41) is 14.0. The fraction of sp³-hybridized carbons (Fsp3) is 0.483. The van der Waals surface area contributed by atoms with Gasteiger partial charge in [-0.25, -0.2) is 9.59 Å². The van der Waals surface area contributed by atoms with Crippen molar-refractivity contribution in [1.29, 1.82) is 0 Å². The molecule has 12 nitrogen and oxygen atoms in total. The minimum atomic E-state index is -1.26. The third-order valence-corrected chi connectivity index (χ3v) is 6.05. The molecule has 1 aliphatic heterocycles. The summed E-state index contributed by atoms with van der Waals surface area (Å²) < 4.78 is 38.5. The normalized spacial score (nSPS) is 22.1. The number of hydrogen-bond donors (Lipinski definition) is 2. The molecule has 224 valence electrons. The van der Waals surface area contributed by atoms with Crippen molar-refractivity contribution >= 4 is 17.8 Å². The van der Waals surface area contributed by atoms with Crippen molar-refractivity contribution in [2.75, 3.05) is 46.8 Å². The molecule has 1 saturated heterocycles. The third kappa shape index (κ3) is 10.8. The van der Waals surface area contributed by atoms with Crippen LogP contribution in [0.15, 0.2) is 60.7 Å². The summed E-state index contributed by atoms with van der Waals surface area (Å²) in [7, 11) is 1.27. The molecule has 0 aromatic heterocycles. The highest BCUT2D eigenvalue weighted by Gasteiger charge is 2.47. The van der Waals surface area contributed by atoms with Crippen LogP contribution in [0.2, 0.25) is 0 Å². The number of carbonyl (C=O) groups excluding carboxylic acids is 3. The molecule has 2 N–H and O–H groups in total. The van der Waals surface area contributed by atoms with Gasteiger partial charge in [-0.2, -0.15) is 0 Å². The fourth-order valence-corrected chi connectivity index (χ4v) is 4.02. The van der Waals surface area contributed by atoms with Gasteiger partial charge < -0.3 is 43.6 Å². The van der Waals surface area contributed by atoms with Crippen LogP contribution >= 0.6 is 0 Å². The molecule has 0 aliphatic carbocycles. The maximum Gasteiger partial charge on any atom is 0.338 e. The number of aliphatic hydroxyl groups is 1. The molecule has 1 heterocycles. The minimum absolute atomic E-state index is 0.0653. The molecule has 41 heavy (non-hydrogen) atoms. The summed E-state index contributed by atoms with van der Waals surface area (Å²) in [5.74, 6) is -1.44. The molecule has 0 radical (unpaired) electrons. The number of nitrogens with one attached hydrogen (secondary N) is 1. The second-order valence-electron chi connectivity index (χ2n) is 9.10. The topological polar surface area (TPSA) is 148 Å². The van der Waals surface area contributed by atoms with Gasteiger partial charge in [0.25, 0.3) is 0 Å². The van der Waals surface area contributed by atoms with Gasteiger partial charge in [-0.15, -0.1) is 0 Å². The molecule has 0 spiro atoms. The van der Waals surface area contributed by atoms with Gasteiger partial charge in [0, 0.05) is 6.92 Å². The first-order valence-corrected chi connectivity index (χ1v) is 13.2. The fourth-order valence-electron chi connectivity index (χ4n) is 4.02. The first kappa shape index (κ1) is 32.1. The lowest BCUT2D eigenvalue weighted by Crippen LogP contribution is -2.65. The van der Waals surface area contributed by atoms with E-state index in [1.807, 2.05) is 30.3 Å². The van der Waals surface area contributed by atoms with Crippen LogP contribution in [0.4, 0.5) is 0 Å². The Kier molecular flexibility index (Phi) is 13.7. The summed E-state index contributed by atoms with van der Waals surface area (Å²) in [6.45, 7) is 1.64. The van der Waals surface area contributed by atoms with Crippen LogP contribution in [0, 0.1) is 0 Å². The van der Waals surface area contributed by atoms with E-state index in [0.717, 1.165) is 5.56 Å². The van der Waals surface area contributed by atoms with E-state index in [0.29, 0.717) is 5.56 Å². The van der Waals surface area contributed by atoms with Crippen molar-refractivity contribution in [1.82, 2.24) is 5.32 Å². The quantitative estimate of drug-likeness (QED) is 0.220. The molecule has 1 aliphatic rings. The number of rotatable bonds is 16. The second kappa shape index (κ2) is 17.4. The second-order valence-corrected chi connectivity index (χ2v) is 9.10. The lowest BCUT2D eigenvalue weighted by Gasteiger charge is -2.44. The number of methoxy groups -OCH3 is 1. The van der Waals surface area contributed by atoms with E-state index in [1.165, 1.54) is 14.0 Å². The zero-order valence-electron chi connectivity index (χ0n) is 23.1. The van der Waals surface area contributed by atoms with Gasteiger partial charge in [-0.05, 0) is 17.7 Å². The van der Waals surface area contributed by atoms with E-state index in [-0.39, 0.29) is 52.2 Å². The Bertz CT molecular complexity index is 1070. The van der Waals surface area contributed by atoms with Crippen molar-refractivity contribution < 1.29 is 52.6 Å². The molecule has 3 rings (SSSR count). The average Bonchev–Trinajstić information content (AvgIpc) is 2.98. The van der Waals surface area contributed by atoms with Gasteiger partial charge in [0.05, 0.1) is 45.7 Å². The Hall–Kier alpha value is -3.39. The van der Waals surface area contributed by atoms with Gasteiger partial charge in [-0.1, -0.05) is 48.5 Å². The highest BCUT2D eigenvalue weighted by atomic mass is 16.7. The Morgan fingerprint density at radius 2 is 1.56 bits per heavy atom. The summed E-state index contributed by atoms with van der Waals surface area (Å²) in [6, 6.07) is 16.9. The maximum absolute atomic E-state index is 12.5. The highest BCUT2D eigenvalue weighted by molar-refractivity contribution is 5.89. The largest absolute Gasteiger partial charge is 0.467 e. The number of ether oxygens (including phenoxy) is 7. The molecular weight excluding hydrogens is 538 g/mol. The van der Waals surface area contributed by atoms with Crippen LogP contribution in [-0.4, -0.2) is 100 Å². The zero-order chi connectivity index (χ0) is 29.5. The summed E-state index contributed by atoms with van der Waals surface area (Å²) in [6.07, 6.45) is -4.28. The van der Waals surface area contributed by atoms with Gasteiger partial charge in [0.15, 0.2) is 6.29 Å². The standard InChI is InChI=1S/C29H37NO11/c1-20(31)30-25-27(39-17-21-9-5-3-6-10-21)26(33)23(18-40-28(34)22-11-7-4-8-12-22)41-29(25)38-16-15-36-13-14-37-19-24(32)35-2/h3-12,23,25-27,29,33H,13-19H2,1-2H3,(H,30,31)/t23-,25-,26-,27-,29-/m1/s1. The van der Waals surface area contributed by atoms with E-state index >= 15 is 0 Å². The summed E-state index contributed by atoms with van der Waals surface area (Å²) >= 11 is 0. The number of aliphatic hydroxyl groups excluding tert-OH is 1. The zero-order valence-corrected chi connectivity index (χ0v) is 23.1. The molecule has 12 heteroatoms. The van der Waals surface area contributed by atoms with Crippen LogP contribution in [0.1, 0.15) is 22.8 Å². The Morgan fingerprint density at radius 3 is 2.24 bits per heavy atom. The predicted octanol–water partition coefficient (Wildman–Crippen LogP) is 1.24. The molecule has 0 unspecified atom stereocenters. The van der Waals surface area contributed by atoms with Gasteiger partial charge >= 0.3 is 11.9 Å². The van der Waals surface area contributed by atoms with Gasteiger partial charge in [0.1, 0.15) is 37.6 Å². The molecule has 0 saturated carbocycles. The number of benzene rings is 2. The Balaban J connectivity index is 1.64. The third-order valence-electron chi connectivity index (χ3n) is 6.05. The van der Waals surface area contributed by atoms with Crippen LogP contribution in [-0.2, 0) is 49.4 Å². The Morgan fingerprint density at radius 1 is 0.902 bits per heavy atom. The Labute approximate surface area is 238 Å². The number of amides is 1.